The van der Waals surface area contributed by atoms with Gasteiger partial charge in [-0.3, -0.25) is 4.79 Å². The molecule has 0 saturated carbocycles. The molecule has 160 valence electrons. The van der Waals surface area contributed by atoms with Crippen molar-refractivity contribution in [3.8, 4) is 0 Å². The van der Waals surface area contributed by atoms with Gasteiger partial charge in [-0.1, -0.05) is 5.11 Å². The average molecular weight is 430 g/mol. The molecule has 1 rings (SSSR count). The van der Waals surface area contributed by atoms with E-state index in [4.69, 9.17) is 25.2 Å². The molecule has 1 fully saturated rings. The van der Waals surface area contributed by atoms with Crippen LogP contribution in [0.3, 0.4) is 0 Å². The van der Waals surface area contributed by atoms with E-state index in [0.29, 0.717) is 0 Å². The van der Waals surface area contributed by atoms with Crippen LogP contribution in [0.4, 0.5) is 0 Å². The molecule has 0 aromatic carbocycles. The first-order valence-corrected chi connectivity index (χ1v) is 9.02. The van der Waals surface area contributed by atoms with Gasteiger partial charge < -0.3 is 45.4 Å². The largest absolute Gasteiger partial charge is 0.477 e. The molecule has 0 aromatic rings. The van der Waals surface area contributed by atoms with E-state index in [0.717, 1.165) is 0 Å². The van der Waals surface area contributed by atoms with Gasteiger partial charge in [-0.2, -0.15) is 0 Å². The van der Waals surface area contributed by atoms with Crippen LogP contribution < -0.4 is 5.32 Å². The number of rotatable bonds is 9. The number of carbonyl (C=O) groups is 2. The highest BCUT2D eigenvalue weighted by atomic mass is 31.2. The lowest BCUT2D eigenvalue weighted by molar-refractivity contribution is -0.288. The number of hydrogen-bond donors (Lipinski definition) is 8. The molecule has 0 bridgehead atoms. The van der Waals surface area contributed by atoms with Crippen molar-refractivity contribution >= 4 is 19.7 Å². The zero-order chi connectivity index (χ0) is 21.7. The molecule has 0 aliphatic carbocycles. The molecule has 1 saturated heterocycles. The van der Waals surface area contributed by atoms with E-state index in [1.165, 1.54) is 0 Å². The number of carbonyl (C=O) groups excluding carboxylic acids is 1. The fourth-order valence-corrected chi connectivity index (χ4v) is 3.08. The number of hydrogen-bond acceptors (Lipinski definition) is 10. The van der Waals surface area contributed by atoms with Crippen LogP contribution >= 0.6 is 7.82 Å². The van der Waals surface area contributed by atoms with Gasteiger partial charge >= 0.3 is 13.8 Å². The van der Waals surface area contributed by atoms with Crippen LogP contribution in [0.5, 0.6) is 0 Å². The summed E-state index contributed by atoms with van der Waals surface area (Å²) >= 11 is 0. The molecule has 1 amide bonds. The van der Waals surface area contributed by atoms with Gasteiger partial charge in [0.25, 0.3) is 5.79 Å². The first-order valence-electron chi connectivity index (χ1n) is 7.49. The summed E-state index contributed by atoms with van der Waals surface area (Å²) in [5.41, 5.74) is 8.20. The highest BCUT2D eigenvalue weighted by Gasteiger charge is 2.58. The summed E-state index contributed by atoms with van der Waals surface area (Å²) in [4.78, 5) is 43.5. The molecule has 16 nitrogen and oxygen atoms in total. The lowest BCUT2D eigenvalue weighted by Gasteiger charge is -2.46. The van der Waals surface area contributed by atoms with Crippen LogP contribution in [0.1, 0.15) is 6.42 Å². The number of amides is 1. The third-order valence-electron chi connectivity index (χ3n) is 3.69. The van der Waals surface area contributed by atoms with E-state index < -0.39 is 75.5 Å². The van der Waals surface area contributed by atoms with Gasteiger partial charge in [0, 0.05) is 11.3 Å². The Morgan fingerprint density at radius 2 is 2.04 bits per heavy atom. The second kappa shape index (κ2) is 9.58. The molecule has 1 unspecified atom stereocenters. The van der Waals surface area contributed by atoms with Crippen LogP contribution in [-0.4, -0.2) is 96.6 Å². The molecule has 28 heavy (non-hydrogen) atoms. The maximum absolute atomic E-state index is 11.7. The Hall–Kier alpha value is -1.84. The van der Waals surface area contributed by atoms with Crippen molar-refractivity contribution in [2.75, 3.05) is 13.2 Å². The number of aliphatic carboxylic acids is 1. The summed E-state index contributed by atoms with van der Waals surface area (Å²) in [7, 11) is -5.48. The van der Waals surface area contributed by atoms with Gasteiger partial charge in [-0.15, -0.1) is 0 Å². The molecule has 8 N–H and O–H groups in total. The molecule has 1 aliphatic rings. The fourth-order valence-electron chi connectivity index (χ4n) is 2.50. The van der Waals surface area contributed by atoms with E-state index in [1.807, 2.05) is 0 Å². The SMILES string of the molecule is [N-]=[N+]=NCC(=O)N[C@H]1[C@H]([C@H](O)[C@H](O)CO)OC(OP(=O)(O)O)(C(=O)O)C[C@@H]1O. The fraction of sp³-hybridized carbons (Fsp3) is 0.818. The minimum absolute atomic E-state index is 0.742. The van der Waals surface area contributed by atoms with Crippen molar-refractivity contribution in [3.63, 3.8) is 0 Å². The van der Waals surface area contributed by atoms with Crippen molar-refractivity contribution < 1.29 is 58.7 Å². The predicted octanol–water partition coefficient (Wildman–Crippen LogP) is -3.46. The topological polar surface area (TPSA) is 272 Å². The lowest BCUT2D eigenvalue weighted by atomic mass is 9.88. The first kappa shape index (κ1) is 24.2. The number of aliphatic hydroxyl groups excluding tert-OH is 4. The van der Waals surface area contributed by atoms with E-state index in [-0.39, 0.29) is 0 Å². The molecule has 1 heterocycles. The zero-order valence-corrected chi connectivity index (χ0v) is 14.9. The summed E-state index contributed by atoms with van der Waals surface area (Å²) in [6.07, 6.45) is -9.11. The Morgan fingerprint density at radius 1 is 1.43 bits per heavy atom. The van der Waals surface area contributed by atoms with E-state index in [2.05, 4.69) is 19.9 Å². The maximum atomic E-state index is 11.7. The monoisotopic (exact) mass is 430 g/mol. The van der Waals surface area contributed by atoms with Gasteiger partial charge in [0.2, 0.25) is 5.91 Å². The zero-order valence-electron chi connectivity index (χ0n) is 14.0. The van der Waals surface area contributed by atoms with Crippen molar-refractivity contribution in [1.82, 2.24) is 5.32 Å². The summed E-state index contributed by atoms with van der Waals surface area (Å²) in [6, 6.07) is -1.63. The Balaban J connectivity index is 3.28. The number of phosphoric acid groups is 1. The standard InChI is InChI=1S/C11H19N4O12P/c12-15-13-2-6(19)14-7-4(17)1-11(10(21)22,27-28(23,24)25)26-9(7)8(20)5(18)3-16/h4-5,7-9,16-18,20H,1-3H2,(H,14,19)(H,21,22)(H2,23,24,25)/t4-,5+,7+,8+,9+,11?/m0/s1. The molecular weight excluding hydrogens is 411 g/mol. The molecule has 1 aliphatic heterocycles. The summed E-state index contributed by atoms with van der Waals surface area (Å²) in [5, 5.41) is 53.3. The quantitative estimate of drug-likeness (QED) is 0.0767. The van der Waals surface area contributed by atoms with Crippen LogP contribution in [0.15, 0.2) is 5.11 Å². The molecule has 0 aromatic heterocycles. The van der Waals surface area contributed by atoms with Gasteiger partial charge in [-0.05, 0) is 5.53 Å². The summed E-state index contributed by atoms with van der Waals surface area (Å²) < 4.78 is 20.3. The highest BCUT2D eigenvalue weighted by molar-refractivity contribution is 7.46. The van der Waals surface area contributed by atoms with Gasteiger partial charge in [0.05, 0.1) is 18.8 Å². The Morgan fingerprint density at radius 3 is 2.50 bits per heavy atom. The van der Waals surface area contributed by atoms with E-state index in [9.17, 15) is 34.6 Å². The molecule has 0 spiro atoms. The minimum Gasteiger partial charge on any atom is -0.477 e. The smallest absolute Gasteiger partial charge is 0.472 e. The van der Waals surface area contributed by atoms with Crippen molar-refractivity contribution in [2.24, 2.45) is 5.11 Å². The van der Waals surface area contributed by atoms with Crippen molar-refractivity contribution in [1.29, 1.82) is 0 Å². The predicted molar refractivity (Wildman–Crippen MR) is 84.0 cm³/mol. The molecule has 6 atom stereocenters. The number of nitrogens with one attached hydrogen (secondary N) is 1. The third-order valence-corrected chi connectivity index (χ3v) is 4.22. The third kappa shape index (κ3) is 6.08. The number of aliphatic hydroxyl groups is 4. The second-order valence-corrected chi connectivity index (χ2v) is 6.88. The van der Waals surface area contributed by atoms with Gasteiger partial charge in [0.15, 0.2) is 0 Å². The maximum Gasteiger partial charge on any atom is 0.472 e. The molecule has 17 heteroatoms. The average Bonchev–Trinajstić information content (AvgIpc) is 2.59. The van der Waals surface area contributed by atoms with Crippen LogP contribution in [0, 0.1) is 0 Å². The number of ether oxygens (including phenoxy) is 1. The first-order chi connectivity index (χ1) is 12.9. The molecule has 0 radical (unpaired) electrons. The number of phosphoric ester groups is 1. The summed E-state index contributed by atoms with van der Waals surface area (Å²) in [5.74, 6) is -6.21. The normalized spacial score (nSPS) is 30.0. The number of nitrogens with zero attached hydrogens (tertiary/aromatic N) is 3. The van der Waals surface area contributed by atoms with Gasteiger partial charge in [-0.25, -0.2) is 13.9 Å². The highest BCUT2D eigenvalue weighted by Crippen LogP contribution is 2.46. The van der Waals surface area contributed by atoms with Crippen molar-refractivity contribution in [2.45, 2.75) is 42.7 Å². The Bertz CT molecular complexity index is 680. The summed E-state index contributed by atoms with van der Waals surface area (Å²) in [6.45, 7) is -1.79. The van der Waals surface area contributed by atoms with E-state index >= 15 is 0 Å². The van der Waals surface area contributed by atoms with Gasteiger partial charge in [0.1, 0.15) is 24.9 Å². The lowest BCUT2D eigenvalue weighted by Crippen LogP contribution is -2.68. The van der Waals surface area contributed by atoms with E-state index in [1.54, 1.807) is 0 Å². The van der Waals surface area contributed by atoms with Crippen LogP contribution in [0.25, 0.3) is 10.4 Å². The number of carboxylic acid groups (broad SMARTS) is 1. The Kier molecular flexibility index (Phi) is 8.28. The molecular formula is C11H19N4O12P. The minimum atomic E-state index is -5.48. The number of carboxylic acids is 1. The van der Waals surface area contributed by atoms with Crippen LogP contribution in [-0.2, 0) is 23.4 Å². The number of azide groups is 1. The second-order valence-electron chi connectivity index (χ2n) is 5.72. The van der Waals surface area contributed by atoms with Crippen LogP contribution in [0.2, 0.25) is 0 Å². The Labute approximate surface area is 156 Å². The van der Waals surface area contributed by atoms with Crippen molar-refractivity contribution in [3.05, 3.63) is 10.4 Å².